The smallest absolute Gasteiger partial charge is 0.251 e. The number of amides is 2. The Morgan fingerprint density at radius 3 is 2.39 bits per heavy atom. The molecule has 0 spiro atoms. The van der Waals surface area contributed by atoms with E-state index >= 15 is 0 Å². The summed E-state index contributed by atoms with van der Waals surface area (Å²) in [5.41, 5.74) is 1.17. The molecule has 5 rings (SSSR count). The lowest BCUT2D eigenvalue weighted by molar-refractivity contribution is -0.140. The maximum Gasteiger partial charge on any atom is 0.251 e. The molecule has 1 aromatic carbocycles. The van der Waals surface area contributed by atoms with Gasteiger partial charge in [0, 0.05) is 49.9 Å². The van der Waals surface area contributed by atoms with Crippen molar-refractivity contribution in [2.45, 2.75) is 58.2 Å². The third-order valence-electron chi connectivity index (χ3n) is 8.95. The van der Waals surface area contributed by atoms with Crippen LogP contribution in [0.5, 0.6) is 0 Å². The van der Waals surface area contributed by atoms with E-state index in [4.69, 9.17) is 4.74 Å². The van der Waals surface area contributed by atoms with E-state index in [2.05, 4.69) is 22.2 Å². The Kier molecular flexibility index (Phi) is 6.85. The fourth-order valence-corrected chi connectivity index (χ4v) is 5.92. The van der Waals surface area contributed by atoms with Crippen molar-refractivity contribution in [2.24, 2.45) is 17.3 Å². The lowest BCUT2D eigenvalue weighted by Crippen LogP contribution is -2.57. The van der Waals surface area contributed by atoms with Crippen molar-refractivity contribution < 1.29 is 19.1 Å². The van der Waals surface area contributed by atoms with Crippen LogP contribution in [0.3, 0.4) is 0 Å². The molecule has 0 unspecified atom stereocenters. The SMILES string of the molecule is CCC(C)(C)[C@H](NC(=O)c1ccc(N2CCN(C)CC2)cc1)C(=O)N1C[C@H](C2CC2)[C@H]2OCC(=O)[C@H]21. The molecule has 8 nitrogen and oxygen atoms in total. The van der Waals surface area contributed by atoms with Gasteiger partial charge in [-0.15, -0.1) is 0 Å². The summed E-state index contributed by atoms with van der Waals surface area (Å²) in [5.74, 6) is 0.306. The highest BCUT2D eigenvalue weighted by atomic mass is 16.5. The van der Waals surface area contributed by atoms with Crippen LogP contribution in [0, 0.1) is 17.3 Å². The van der Waals surface area contributed by atoms with Gasteiger partial charge in [-0.05, 0) is 61.9 Å². The molecule has 3 saturated heterocycles. The summed E-state index contributed by atoms with van der Waals surface area (Å²) < 4.78 is 5.86. The zero-order valence-electron chi connectivity index (χ0n) is 22.0. The Morgan fingerprint density at radius 2 is 1.78 bits per heavy atom. The largest absolute Gasteiger partial charge is 0.369 e. The molecular formula is C28H40N4O4. The topological polar surface area (TPSA) is 82.2 Å². The third-order valence-corrected chi connectivity index (χ3v) is 8.95. The quantitative estimate of drug-likeness (QED) is 0.623. The van der Waals surface area contributed by atoms with Crippen molar-refractivity contribution in [2.75, 3.05) is 51.3 Å². The summed E-state index contributed by atoms with van der Waals surface area (Å²) in [5, 5.41) is 3.06. The maximum absolute atomic E-state index is 14.0. The van der Waals surface area contributed by atoms with Crippen LogP contribution in [0.4, 0.5) is 5.69 Å². The standard InChI is InChI=1S/C28H40N4O4/c1-5-28(2,3)25(27(35)32-16-21(18-6-7-18)24-23(32)22(33)17-36-24)29-26(34)19-8-10-20(11-9-19)31-14-12-30(4)13-15-31/h8-11,18,21,23-25H,5-7,12-17H2,1-4H3,(H,29,34)/t21-,23-,24-,25-/m1/s1. The highest BCUT2D eigenvalue weighted by Gasteiger charge is 2.57. The molecule has 1 N–H and O–H groups in total. The summed E-state index contributed by atoms with van der Waals surface area (Å²) in [4.78, 5) is 46.4. The minimum absolute atomic E-state index is 0.0182. The third kappa shape index (κ3) is 4.77. The van der Waals surface area contributed by atoms with Gasteiger partial charge in [0.15, 0.2) is 5.78 Å². The zero-order valence-corrected chi connectivity index (χ0v) is 22.0. The van der Waals surface area contributed by atoms with Gasteiger partial charge in [-0.3, -0.25) is 14.4 Å². The Bertz CT molecular complexity index is 997. The minimum atomic E-state index is -0.723. The molecule has 2 amide bonds. The van der Waals surface area contributed by atoms with Crippen molar-refractivity contribution in [3.05, 3.63) is 29.8 Å². The normalized spacial score (nSPS) is 27.8. The van der Waals surface area contributed by atoms with Crippen LogP contribution < -0.4 is 10.2 Å². The average molecular weight is 497 g/mol. The van der Waals surface area contributed by atoms with Gasteiger partial charge in [-0.2, -0.15) is 0 Å². The number of nitrogens with zero attached hydrogens (tertiary/aromatic N) is 3. The molecule has 4 fully saturated rings. The minimum Gasteiger partial charge on any atom is -0.369 e. The molecule has 1 saturated carbocycles. The second-order valence-electron chi connectivity index (χ2n) is 11.8. The first-order valence-electron chi connectivity index (χ1n) is 13.5. The molecule has 4 atom stereocenters. The first-order chi connectivity index (χ1) is 17.2. The number of anilines is 1. The lowest BCUT2D eigenvalue weighted by Gasteiger charge is -2.37. The number of fused-ring (bicyclic) bond motifs is 1. The Hall–Kier alpha value is -2.45. The number of benzene rings is 1. The molecule has 0 radical (unpaired) electrons. The highest BCUT2D eigenvalue weighted by molar-refractivity contribution is 5.99. The molecule has 1 aromatic rings. The maximum atomic E-state index is 14.0. The van der Waals surface area contributed by atoms with Gasteiger partial charge >= 0.3 is 0 Å². The van der Waals surface area contributed by atoms with Crippen LogP contribution >= 0.6 is 0 Å². The molecule has 3 heterocycles. The highest BCUT2D eigenvalue weighted by Crippen LogP contribution is 2.46. The Labute approximate surface area is 214 Å². The lowest BCUT2D eigenvalue weighted by atomic mass is 9.80. The van der Waals surface area contributed by atoms with Gasteiger partial charge in [-0.1, -0.05) is 20.8 Å². The molecule has 8 heteroatoms. The summed E-state index contributed by atoms with van der Waals surface area (Å²) in [6.07, 6.45) is 2.79. The van der Waals surface area contributed by atoms with Crippen LogP contribution in [-0.2, 0) is 14.3 Å². The number of Topliss-reactive ketones (excluding diaryl/α,β-unsaturated/α-hetero) is 1. The predicted molar refractivity (Wildman–Crippen MR) is 138 cm³/mol. The summed E-state index contributed by atoms with van der Waals surface area (Å²) in [7, 11) is 2.13. The van der Waals surface area contributed by atoms with Gasteiger partial charge < -0.3 is 24.8 Å². The van der Waals surface area contributed by atoms with Crippen molar-refractivity contribution in [3.63, 3.8) is 0 Å². The first-order valence-corrected chi connectivity index (χ1v) is 13.5. The molecule has 196 valence electrons. The van der Waals surface area contributed by atoms with E-state index in [9.17, 15) is 14.4 Å². The second kappa shape index (κ2) is 9.78. The van der Waals surface area contributed by atoms with Gasteiger partial charge in [0.05, 0.1) is 6.10 Å². The van der Waals surface area contributed by atoms with E-state index in [1.165, 1.54) is 0 Å². The molecule has 1 aliphatic carbocycles. The number of hydrogen-bond acceptors (Lipinski definition) is 6. The molecular weight excluding hydrogens is 456 g/mol. The Morgan fingerprint density at radius 1 is 1.11 bits per heavy atom. The predicted octanol–water partition coefficient (Wildman–Crippen LogP) is 2.18. The number of piperazine rings is 1. The van der Waals surface area contributed by atoms with Gasteiger partial charge in [0.2, 0.25) is 5.91 Å². The summed E-state index contributed by atoms with van der Waals surface area (Å²) >= 11 is 0. The van der Waals surface area contributed by atoms with E-state index < -0.39 is 17.5 Å². The van der Waals surface area contributed by atoms with Crippen LogP contribution in [0.1, 0.15) is 50.4 Å². The second-order valence-corrected chi connectivity index (χ2v) is 11.8. The average Bonchev–Trinajstić information content (AvgIpc) is 3.55. The summed E-state index contributed by atoms with van der Waals surface area (Å²) in [6, 6.07) is 6.42. The number of likely N-dealkylation sites (tertiary alicyclic amines) is 1. The van der Waals surface area contributed by atoms with Crippen LogP contribution in [0.2, 0.25) is 0 Å². The first kappa shape index (κ1) is 25.2. The van der Waals surface area contributed by atoms with E-state index in [0.717, 1.165) is 44.7 Å². The zero-order chi connectivity index (χ0) is 25.6. The number of ketones is 1. The van der Waals surface area contributed by atoms with Crippen LogP contribution in [-0.4, -0.2) is 92.0 Å². The fourth-order valence-electron chi connectivity index (χ4n) is 5.92. The number of carbonyl (C=O) groups excluding carboxylic acids is 3. The van der Waals surface area contributed by atoms with Gasteiger partial charge in [-0.25, -0.2) is 0 Å². The number of carbonyl (C=O) groups is 3. The van der Waals surface area contributed by atoms with Gasteiger partial charge in [0.1, 0.15) is 18.7 Å². The van der Waals surface area contributed by atoms with Crippen molar-refractivity contribution in [1.29, 1.82) is 0 Å². The van der Waals surface area contributed by atoms with Crippen molar-refractivity contribution in [1.82, 2.24) is 15.1 Å². The fraction of sp³-hybridized carbons (Fsp3) is 0.679. The molecule has 36 heavy (non-hydrogen) atoms. The number of rotatable bonds is 7. The number of ether oxygens (including phenoxy) is 1. The van der Waals surface area contributed by atoms with Crippen LogP contribution in [0.15, 0.2) is 24.3 Å². The number of likely N-dealkylation sites (N-methyl/N-ethyl adjacent to an activating group) is 1. The van der Waals surface area contributed by atoms with Crippen LogP contribution in [0.25, 0.3) is 0 Å². The molecule has 0 bridgehead atoms. The van der Waals surface area contributed by atoms with E-state index in [-0.39, 0.29) is 36.2 Å². The van der Waals surface area contributed by atoms with E-state index in [0.29, 0.717) is 24.4 Å². The number of nitrogens with one attached hydrogen (secondary N) is 1. The Balaban J connectivity index is 1.32. The van der Waals surface area contributed by atoms with E-state index in [1.54, 1.807) is 4.90 Å². The number of hydrogen-bond donors (Lipinski definition) is 1. The molecule has 3 aliphatic heterocycles. The van der Waals surface area contributed by atoms with Crippen molar-refractivity contribution in [3.8, 4) is 0 Å². The molecule has 4 aliphatic rings. The van der Waals surface area contributed by atoms with Gasteiger partial charge in [0.25, 0.3) is 5.91 Å². The monoisotopic (exact) mass is 496 g/mol. The van der Waals surface area contributed by atoms with E-state index in [1.807, 2.05) is 45.0 Å². The van der Waals surface area contributed by atoms with Crippen molar-refractivity contribution >= 4 is 23.3 Å². The summed E-state index contributed by atoms with van der Waals surface area (Å²) in [6.45, 7) is 10.6. The molecule has 0 aromatic heterocycles.